The molecule has 0 saturated carbocycles. The predicted octanol–water partition coefficient (Wildman–Crippen LogP) is 2.78. The van der Waals surface area contributed by atoms with Crippen molar-refractivity contribution in [2.75, 3.05) is 13.1 Å². The van der Waals surface area contributed by atoms with E-state index < -0.39 is 16.6 Å². The van der Waals surface area contributed by atoms with Crippen LogP contribution in [-0.2, 0) is 10.0 Å². The van der Waals surface area contributed by atoms with Gasteiger partial charge in [-0.1, -0.05) is 11.6 Å². The van der Waals surface area contributed by atoms with Gasteiger partial charge in [-0.25, -0.2) is 13.1 Å². The lowest BCUT2D eigenvalue weighted by Crippen LogP contribution is -2.30. The van der Waals surface area contributed by atoms with Crippen LogP contribution in [0.3, 0.4) is 0 Å². The molecule has 2 N–H and O–H groups in total. The molecule has 0 aliphatic carbocycles. The van der Waals surface area contributed by atoms with Crippen molar-refractivity contribution in [2.24, 2.45) is 0 Å². The average molecular weight is 391 g/mol. The molecule has 1 fully saturated rings. The van der Waals surface area contributed by atoms with Crippen LogP contribution in [0.1, 0.15) is 19.3 Å². The lowest BCUT2D eigenvalue weighted by atomic mass is 10.2. The van der Waals surface area contributed by atoms with E-state index in [1.165, 1.54) is 6.07 Å². The zero-order chi connectivity index (χ0) is 16.2. The summed E-state index contributed by atoms with van der Waals surface area (Å²) >= 11 is 5.76. The number of hydrogen-bond donors (Lipinski definition) is 2. The molecule has 0 bridgehead atoms. The molecule has 132 valence electrons. The fraction of sp³-hybridized carbons (Fsp3) is 0.538. The van der Waals surface area contributed by atoms with Crippen LogP contribution in [0.25, 0.3) is 0 Å². The zero-order valence-electron chi connectivity index (χ0n) is 12.1. The Morgan fingerprint density at radius 2 is 2.17 bits per heavy atom. The first-order chi connectivity index (χ1) is 10.4. The topological polar surface area (TPSA) is 67.4 Å². The van der Waals surface area contributed by atoms with Crippen LogP contribution in [-0.4, -0.2) is 34.2 Å². The van der Waals surface area contributed by atoms with Gasteiger partial charge in [0.05, 0.1) is 9.92 Å². The third-order valence-electron chi connectivity index (χ3n) is 3.38. The lowest BCUT2D eigenvalue weighted by Gasteiger charge is -2.12. The smallest absolute Gasteiger partial charge is 0.387 e. The molecule has 0 spiro atoms. The van der Waals surface area contributed by atoms with E-state index in [1.54, 1.807) is 0 Å². The summed E-state index contributed by atoms with van der Waals surface area (Å²) < 4.78 is 55.1. The Morgan fingerprint density at radius 3 is 2.74 bits per heavy atom. The van der Waals surface area contributed by atoms with E-state index in [2.05, 4.69) is 14.8 Å². The molecule has 1 aliphatic heterocycles. The molecule has 10 heteroatoms. The quantitative estimate of drug-likeness (QED) is 0.750. The van der Waals surface area contributed by atoms with E-state index in [-0.39, 0.29) is 28.1 Å². The maximum absolute atomic E-state index is 12.1. The Labute approximate surface area is 145 Å². The molecule has 5 nitrogen and oxygen atoms in total. The van der Waals surface area contributed by atoms with Gasteiger partial charge in [-0.15, -0.1) is 12.4 Å². The van der Waals surface area contributed by atoms with Crippen molar-refractivity contribution in [3.63, 3.8) is 0 Å². The SMILES string of the molecule is Cl.O=S(=O)(NCC[C@H]1CCCN1)c1ccc(OC(F)F)c(Cl)c1. The molecule has 23 heavy (non-hydrogen) atoms. The summed E-state index contributed by atoms with van der Waals surface area (Å²) in [6, 6.07) is 3.71. The van der Waals surface area contributed by atoms with Gasteiger partial charge in [0.25, 0.3) is 0 Å². The molecule has 1 heterocycles. The summed E-state index contributed by atoms with van der Waals surface area (Å²) in [5.41, 5.74) is 0. The first kappa shape index (κ1) is 20.4. The summed E-state index contributed by atoms with van der Waals surface area (Å²) in [7, 11) is -3.72. The van der Waals surface area contributed by atoms with E-state index in [1.807, 2.05) is 0 Å². The molecule has 1 aliphatic rings. The van der Waals surface area contributed by atoms with Crippen molar-refractivity contribution in [1.82, 2.24) is 10.0 Å². The minimum atomic E-state index is -3.72. The van der Waals surface area contributed by atoms with E-state index in [4.69, 9.17) is 11.6 Å². The Balaban J connectivity index is 0.00000264. The molecular formula is C13H18Cl2F2N2O3S. The number of alkyl halides is 2. The van der Waals surface area contributed by atoms with Crippen LogP contribution in [0, 0.1) is 0 Å². The first-order valence-electron chi connectivity index (χ1n) is 6.86. The van der Waals surface area contributed by atoms with Crippen molar-refractivity contribution >= 4 is 34.0 Å². The van der Waals surface area contributed by atoms with E-state index in [9.17, 15) is 17.2 Å². The monoisotopic (exact) mass is 390 g/mol. The van der Waals surface area contributed by atoms with Crippen molar-refractivity contribution in [1.29, 1.82) is 0 Å². The summed E-state index contributed by atoms with van der Waals surface area (Å²) in [4.78, 5) is -0.0847. The van der Waals surface area contributed by atoms with E-state index >= 15 is 0 Å². The highest BCUT2D eigenvalue weighted by atomic mass is 35.5. The Bertz CT molecular complexity index is 611. The fourth-order valence-corrected chi connectivity index (χ4v) is 3.66. The van der Waals surface area contributed by atoms with Gasteiger partial charge in [0, 0.05) is 12.6 Å². The van der Waals surface area contributed by atoms with E-state index in [0.717, 1.165) is 31.5 Å². The average Bonchev–Trinajstić information content (AvgIpc) is 2.93. The van der Waals surface area contributed by atoms with Crippen molar-refractivity contribution in [3.05, 3.63) is 23.2 Å². The summed E-state index contributed by atoms with van der Waals surface area (Å²) in [6.07, 6.45) is 2.82. The molecule has 0 radical (unpaired) electrons. The highest BCUT2D eigenvalue weighted by molar-refractivity contribution is 7.89. The summed E-state index contributed by atoms with van der Waals surface area (Å²) in [6.45, 7) is -1.76. The molecule has 0 aromatic heterocycles. The van der Waals surface area contributed by atoms with Gasteiger partial charge in [-0.2, -0.15) is 8.78 Å². The number of benzene rings is 1. The van der Waals surface area contributed by atoms with Gasteiger partial charge in [-0.3, -0.25) is 0 Å². The Kier molecular flexibility index (Phi) is 7.96. The number of hydrogen-bond acceptors (Lipinski definition) is 4. The minimum absolute atomic E-state index is 0. The largest absolute Gasteiger partial charge is 0.433 e. The normalized spacial score (nSPS) is 18.0. The van der Waals surface area contributed by atoms with Crippen LogP contribution < -0.4 is 14.8 Å². The van der Waals surface area contributed by atoms with Crippen molar-refractivity contribution in [3.8, 4) is 5.75 Å². The lowest BCUT2D eigenvalue weighted by molar-refractivity contribution is -0.0498. The number of rotatable bonds is 7. The number of sulfonamides is 1. The molecule has 1 aromatic carbocycles. The van der Waals surface area contributed by atoms with Gasteiger partial charge in [0.15, 0.2) is 0 Å². The van der Waals surface area contributed by atoms with Gasteiger partial charge >= 0.3 is 6.61 Å². The third kappa shape index (κ3) is 6.04. The first-order valence-corrected chi connectivity index (χ1v) is 8.72. The molecule has 2 rings (SSSR count). The zero-order valence-corrected chi connectivity index (χ0v) is 14.5. The fourth-order valence-electron chi connectivity index (χ4n) is 2.29. The van der Waals surface area contributed by atoms with Gasteiger partial charge in [0.1, 0.15) is 5.75 Å². The number of ether oxygens (including phenoxy) is 1. The van der Waals surface area contributed by atoms with Crippen molar-refractivity contribution in [2.45, 2.75) is 36.8 Å². The van der Waals surface area contributed by atoms with Crippen LogP contribution in [0.15, 0.2) is 23.1 Å². The predicted molar refractivity (Wildman–Crippen MR) is 86.2 cm³/mol. The molecule has 0 amide bonds. The number of nitrogens with one attached hydrogen (secondary N) is 2. The second-order valence-corrected chi connectivity index (χ2v) is 7.12. The summed E-state index contributed by atoms with van der Waals surface area (Å²) in [5, 5.41) is 3.09. The third-order valence-corrected chi connectivity index (χ3v) is 5.13. The minimum Gasteiger partial charge on any atom is -0.433 e. The van der Waals surface area contributed by atoms with Gasteiger partial charge in [0.2, 0.25) is 10.0 Å². The van der Waals surface area contributed by atoms with Crippen LogP contribution in [0.4, 0.5) is 8.78 Å². The summed E-state index contributed by atoms with van der Waals surface area (Å²) in [5.74, 6) is -0.259. The highest BCUT2D eigenvalue weighted by Crippen LogP contribution is 2.28. The number of halogens is 4. The highest BCUT2D eigenvalue weighted by Gasteiger charge is 2.19. The van der Waals surface area contributed by atoms with Crippen molar-refractivity contribution < 1.29 is 21.9 Å². The second-order valence-electron chi connectivity index (χ2n) is 4.95. The van der Waals surface area contributed by atoms with Crippen LogP contribution in [0.5, 0.6) is 5.75 Å². The molecule has 0 unspecified atom stereocenters. The molecular weight excluding hydrogens is 373 g/mol. The molecule has 1 atom stereocenters. The van der Waals surface area contributed by atoms with Gasteiger partial charge in [-0.05, 0) is 44.0 Å². The molecule has 1 aromatic rings. The maximum Gasteiger partial charge on any atom is 0.387 e. The standard InChI is InChI=1S/C13H17ClF2N2O3S.ClH/c14-11-8-10(3-4-12(11)21-13(15)16)22(19,20)18-7-5-9-2-1-6-17-9;/h3-4,8-9,13,17-18H,1-2,5-7H2;1H/t9-;/m1./s1. The van der Waals surface area contributed by atoms with Crippen LogP contribution in [0.2, 0.25) is 5.02 Å². The van der Waals surface area contributed by atoms with Crippen LogP contribution >= 0.6 is 24.0 Å². The second kappa shape index (κ2) is 8.98. The Morgan fingerprint density at radius 1 is 1.43 bits per heavy atom. The Hall–Kier alpha value is -0.670. The molecule has 1 saturated heterocycles. The van der Waals surface area contributed by atoms with Gasteiger partial charge < -0.3 is 10.1 Å². The van der Waals surface area contributed by atoms with E-state index in [0.29, 0.717) is 19.0 Å². The maximum atomic E-state index is 12.1.